The van der Waals surface area contributed by atoms with Crippen molar-refractivity contribution in [1.29, 1.82) is 0 Å². The molecule has 0 aromatic heterocycles. The van der Waals surface area contributed by atoms with Crippen LogP contribution in [-0.2, 0) is 38.1 Å². The standard InChI is InChI=1S/C23H25N3O5S/c27-21-23(10-4-7-18-6-1-2-9-20(18)23)24-22(28)26(21)16-17-5-3-8-19(15-17)32(29,30)25-11-13-31-14-12-25/h1-3,5-6,8-9,15H,4,7,10-14,16H2,(H,24,28). The van der Waals surface area contributed by atoms with E-state index >= 15 is 0 Å². The molecule has 8 nitrogen and oxygen atoms in total. The zero-order valence-corrected chi connectivity index (χ0v) is 18.4. The Morgan fingerprint density at radius 3 is 2.62 bits per heavy atom. The number of hydrogen-bond donors (Lipinski definition) is 1. The van der Waals surface area contributed by atoms with Crippen LogP contribution in [0, 0.1) is 0 Å². The number of amides is 3. The number of morpholine rings is 1. The van der Waals surface area contributed by atoms with Crippen molar-refractivity contribution in [2.45, 2.75) is 36.2 Å². The number of fused-ring (bicyclic) bond motifs is 2. The average Bonchev–Trinajstić information content (AvgIpc) is 3.05. The maximum Gasteiger partial charge on any atom is 0.325 e. The van der Waals surface area contributed by atoms with Crippen LogP contribution in [0.1, 0.15) is 29.5 Å². The largest absolute Gasteiger partial charge is 0.379 e. The quantitative estimate of drug-likeness (QED) is 0.712. The van der Waals surface area contributed by atoms with Crippen molar-refractivity contribution in [2.24, 2.45) is 0 Å². The number of carbonyl (C=O) groups excluding carboxylic acids is 2. The zero-order chi connectivity index (χ0) is 22.3. The molecule has 1 atom stereocenters. The highest BCUT2D eigenvalue weighted by molar-refractivity contribution is 7.89. The number of aryl methyl sites for hydroxylation is 1. The zero-order valence-electron chi connectivity index (χ0n) is 17.6. The van der Waals surface area contributed by atoms with E-state index in [9.17, 15) is 18.0 Å². The van der Waals surface area contributed by atoms with E-state index in [0.717, 1.165) is 24.0 Å². The van der Waals surface area contributed by atoms with Gasteiger partial charge in [0.25, 0.3) is 5.91 Å². The molecule has 1 unspecified atom stereocenters. The Kier molecular flexibility index (Phi) is 5.27. The Morgan fingerprint density at radius 2 is 1.81 bits per heavy atom. The van der Waals surface area contributed by atoms with Crippen LogP contribution >= 0.6 is 0 Å². The second kappa shape index (κ2) is 7.99. The summed E-state index contributed by atoms with van der Waals surface area (Å²) in [5.74, 6) is -0.281. The normalized spacial score (nSPS) is 23.9. The number of urea groups is 1. The lowest BCUT2D eigenvalue weighted by molar-refractivity contribution is -0.132. The molecule has 3 amide bonds. The number of benzene rings is 2. The van der Waals surface area contributed by atoms with Gasteiger partial charge in [0, 0.05) is 13.1 Å². The van der Waals surface area contributed by atoms with Crippen LogP contribution in [0.4, 0.5) is 4.79 Å². The van der Waals surface area contributed by atoms with Gasteiger partial charge in [0.05, 0.1) is 24.7 Å². The van der Waals surface area contributed by atoms with Crippen molar-refractivity contribution in [3.05, 3.63) is 65.2 Å². The molecule has 32 heavy (non-hydrogen) atoms. The van der Waals surface area contributed by atoms with Crippen LogP contribution in [0.2, 0.25) is 0 Å². The second-order valence-corrected chi connectivity index (χ2v) is 10.3. The molecule has 2 heterocycles. The topological polar surface area (TPSA) is 96.0 Å². The molecule has 9 heteroatoms. The van der Waals surface area contributed by atoms with E-state index in [0.29, 0.717) is 38.3 Å². The fourth-order valence-electron chi connectivity index (χ4n) is 4.88. The summed E-state index contributed by atoms with van der Waals surface area (Å²) in [6.45, 7) is 1.36. The fourth-order valence-corrected chi connectivity index (χ4v) is 6.36. The molecule has 1 spiro atoms. The van der Waals surface area contributed by atoms with Gasteiger partial charge in [-0.05, 0) is 48.1 Å². The molecule has 3 aliphatic rings. The highest BCUT2D eigenvalue weighted by atomic mass is 32.2. The highest BCUT2D eigenvalue weighted by Crippen LogP contribution is 2.40. The SMILES string of the molecule is O=C1NC2(CCCc3ccccc32)C(=O)N1Cc1cccc(S(=O)(=O)N2CCOCC2)c1. The molecule has 2 fully saturated rings. The van der Waals surface area contributed by atoms with Gasteiger partial charge in [0.1, 0.15) is 5.54 Å². The number of hydrogen-bond acceptors (Lipinski definition) is 5. The van der Waals surface area contributed by atoms with Crippen molar-refractivity contribution in [3.63, 3.8) is 0 Å². The highest BCUT2D eigenvalue weighted by Gasteiger charge is 2.53. The first-order valence-corrected chi connectivity index (χ1v) is 12.3. The minimum absolute atomic E-state index is 0.0149. The monoisotopic (exact) mass is 455 g/mol. The molecule has 0 radical (unpaired) electrons. The third kappa shape index (κ3) is 3.41. The molecular weight excluding hydrogens is 430 g/mol. The number of nitrogens with one attached hydrogen (secondary N) is 1. The van der Waals surface area contributed by atoms with Crippen LogP contribution in [0.25, 0.3) is 0 Å². The molecule has 0 saturated carbocycles. The van der Waals surface area contributed by atoms with Crippen LogP contribution in [0.3, 0.4) is 0 Å². The van der Waals surface area contributed by atoms with Crippen LogP contribution < -0.4 is 5.32 Å². The lowest BCUT2D eigenvalue weighted by atomic mass is 9.76. The van der Waals surface area contributed by atoms with Crippen molar-refractivity contribution >= 4 is 22.0 Å². The Morgan fingerprint density at radius 1 is 1.03 bits per heavy atom. The number of nitrogens with zero attached hydrogens (tertiary/aromatic N) is 2. The Balaban J connectivity index is 1.42. The molecule has 2 aromatic carbocycles. The minimum Gasteiger partial charge on any atom is -0.379 e. The summed E-state index contributed by atoms with van der Waals surface area (Å²) in [5.41, 5.74) is 1.48. The van der Waals surface area contributed by atoms with Crippen LogP contribution in [0.15, 0.2) is 53.4 Å². The van der Waals surface area contributed by atoms with Gasteiger partial charge in [-0.25, -0.2) is 13.2 Å². The third-order valence-corrected chi connectivity index (χ3v) is 8.39. The summed E-state index contributed by atoms with van der Waals surface area (Å²) >= 11 is 0. The van der Waals surface area contributed by atoms with Gasteiger partial charge in [0.15, 0.2) is 0 Å². The number of imide groups is 1. The Bertz CT molecular complexity index is 1180. The van der Waals surface area contributed by atoms with Gasteiger partial charge >= 0.3 is 6.03 Å². The molecule has 168 valence electrons. The van der Waals surface area contributed by atoms with E-state index < -0.39 is 21.6 Å². The summed E-state index contributed by atoms with van der Waals surface area (Å²) in [7, 11) is -3.66. The molecule has 2 aliphatic heterocycles. The number of carbonyl (C=O) groups is 2. The predicted octanol–water partition coefficient (Wildman–Crippen LogP) is 1.99. The maximum atomic E-state index is 13.5. The van der Waals surface area contributed by atoms with E-state index in [1.807, 2.05) is 24.3 Å². The van der Waals surface area contributed by atoms with Gasteiger partial charge < -0.3 is 10.1 Å². The van der Waals surface area contributed by atoms with Crippen molar-refractivity contribution in [3.8, 4) is 0 Å². The van der Waals surface area contributed by atoms with Crippen LogP contribution in [0.5, 0.6) is 0 Å². The molecule has 1 N–H and O–H groups in total. The molecule has 2 aromatic rings. The lowest BCUT2D eigenvalue weighted by Crippen LogP contribution is -2.46. The number of rotatable bonds is 4. The summed E-state index contributed by atoms with van der Waals surface area (Å²) in [6.07, 6.45) is 2.24. The van der Waals surface area contributed by atoms with E-state index in [4.69, 9.17) is 4.74 Å². The molecule has 2 saturated heterocycles. The fraction of sp³-hybridized carbons (Fsp3) is 0.391. The first-order chi connectivity index (χ1) is 15.4. The van der Waals surface area contributed by atoms with Gasteiger partial charge in [-0.3, -0.25) is 9.69 Å². The van der Waals surface area contributed by atoms with E-state index in [2.05, 4.69) is 5.32 Å². The Labute approximate surface area is 187 Å². The summed E-state index contributed by atoms with van der Waals surface area (Å²) in [5, 5.41) is 2.94. The smallest absolute Gasteiger partial charge is 0.325 e. The summed E-state index contributed by atoms with van der Waals surface area (Å²) < 4.78 is 32.6. The van der Waals surface area contributed by atoms with Gasteiger partial charge in [-0.1, -0.05) is 36.4 Å². The van der Waals surface area contributed by atoms with Crippen molar-refractivity contribution in [1.82, 2.24) is 14.5 Å². The lowest BCUT2D eigenvalue weighted by Gasteiger charge is -2.33. The van der Waals surface area contributed by atoms with E-state index in [1.54, 1.807) is 24.3 Å². The molecule has 5 rings (SSSR count). The van der Waals surface area contributed by atoms with Gasteiger partial charge in [-0.15, -0.1) is 0 Å². The van der Waals surface area contributed by atoms with E-state index in [-0.39, 0.29) is 17.3 Å². The predicted molar refractivity (Wildman–Crippen MR) is 116 cm³/mol. The second-order valence-electron chi connectivity index (χ2n) is 8.40. The number of sulfonamides is 1. The first kappa shape index (κ1) is 21.1. The minimum atomic E-state index is -3.66. The Hall–Kier alpha value is -2.75. The van der Waals surface area contributed by atoms with Crippen molar-refractivity contribution in [2.75, 3.05) is 26.3 Å². The van der Waals surface area contributed by atoms with Gasteiger partial charge in [-0.2, -0.15) is 4.31 Å². The average molecular weight is 456 g/mol. The summed E-state index contributed by atoms with van der Waals surface area (Å²) in [6, 6.07) is 13.7. The van der Waals surface area contributed by atoms with Crippen LogP contribution in [-0.4, -0.2) is 55.9 Å². The van der Waals surface area contributed by atoms with Crippen molar-refractivity contribution < 1.29 is 22.7 Å². The summed E-state index contributed by atoms with van der Waals surface area (Å²) in [4.78, 5) is 27.7. The molecule has 1 aliphatic carbocycles. The maximum absolute atomic E-state index is 13.5. The third-order valence-electron chi connectivity index (χ3n) is 6.50. The molecular formula is C23H25N3O5S. The van der Waals surface area contributed by atoms with Gasteiger partial charge in [0.2, 0.25) is 10.0 Å². The number of ether oxygens (including phenoxy) is 1. The first-order valence-electron chi connectivity index (χ1n) is 10.8. The van der Waals surface area contributed by atoms with E-state index in [1.165, 1.54) is 9.21 Å². The molecule has 0 bridgehead atoms.